The first kappa shape index (κ1) is 12.7. The van der Waals surface area contributed by atoms with Crippen molar-refractivity contribution >= 4 is 11.6 Å². The summed E-state index contributed by atoms with van der Waals surface area (Å²) >= 11 is 0. The molecular weight excluding hydrogens is 236 g/mol. The maximum Gasteiger partial charge on any atom is 0.224 e. The highest BCUT2D eigenvalue weighted by Gasteiger charge is 2.44. The molecule has 1 unspecified atom stereocenters. The van der Waals surface area contributed by atoms with Crippen LogP contribution in [0.5, 0.6) is 0 Å². The fourth-order valence-electron chi connectivity index (χ4n) is 3.68. The van der Waals surface area contributed by atoms with E-state index >= 15 is 0 Å². The highest BCUT2D eigenvalue weighted by atomic mass is 16.2. The van der Waals surface area contributed by atoms with Crippen LogP contribution in [0.3, 0.4) is 0 Å². The minimum absolute atomic E-state index is 0.0393. The zero-order valence-corrected chi connectivity index (χ0v) is 11.7. The lowest BCUT2D eigenvalue weighted by molar-refractivity contribution is -0.118. The van der Waals surface area contributed by atoms with Gasteiger partial charge in [-0.05, 0) is 36.3 Å². The van der Waals surface area contributed by atoms with Crippen molar-refractivity contribution in [1.29, 1.82) is 0 Å². The van der Waals surface area contributed by atoms with Crippen LogP contribution in [0.25, 0.3) is 0 Å². The third-order valence-electron chi connectivity index (χ3n) is 4.93. The van der Waals surface area contributed by atoms with E-state index < -0.39 is 0 Å². The molecule has 102 valence electrons. The highest BCUT2D eigenvalue weighted by molar-refractivity contribution is 5.94. The van der Waals surface area contributed by atoms with E-state index in [2.05, 4.69) is 13.0 Å². The van der Waals surface area contributed by atoms with Crippen molar-refractivity contribution in [2.75, 3.05) is 4.90 Å². The summed E-state index contributed by atoms with van der Waals surface area (Å²) < 4.78 is 0. The van der Waals surface area contributed by atoms with Gasteiger partial charge in [0.1, 0.15) is 0 Å². The molecule has 0 saturated heterocycles. The molecule has 0 radical (unpaired) electrons. The van der Waals surface area contributed by atoms with Gasteiger partial charge in [0.25, 0.3) is 0 Å². The summed E-state index contributed by atoms with van der Waals surface area (Å²) in [5.74, 6) is 1.09. The first-order valence-corrected chi connectivity index (χ1v) is 7.25. The molecule has 0 bridgehead atoms. The third-order valence-corrected chi connectivity index (χ3v) is 4.93. The number of carbonyl (C=O) groups excluding carboxylic acids is 1. The van der Waals surface area contributed by atoms with Gasteiger partial charge < -0.3 is 10.6 Å². The molecule has 1 aliphatic carbocycles. The Morgan fingerprint density at radius 3 is 2.58 bits per heavy atom. The molecular formula is C16H22N2O. The summed E-state index contributed by atoms with van der Waals surface area (Å²) in [6, 6.07) is 8.41. The Morgan fingerprint density at radius 1 is 1.32 bits per heavy atom. The number of benzene rings is 1. The van der Waals surface area contributed by atoms with Gasteiger partial charge in [0.2, 0.25) is 5.91 Å². The minimum atomic E-state index is 0.0393. The van der Waals surface area contributed by atoms with E-state index in [1.54, 1.807) is 6.92 Å². The average molecular weight is 258 g/mol. The SMILES string of the molecule is CC(=O)N1c2ccccc2[C@H](N)[C@@H](C)C1C1CCC1. The number of hydrogen-bond acceptors (Lipinski definition) is 2. The lowest BCUT2D eigenvalue weighted by atomic mass is 9.70. The molecule has 0 aromatic heterocycles. The summed E-state index contributed by atoms with van der Waals surface area (Å²) in [6.45, 7) is 3.87. The molecule has 0 spiro atoms. The molecule has 1 aromatic rings. The van der Waals surface area contributed by atoms with Gasteiger partial charge in [-0.15, -0.1) is 0 Å². The summed E-state index contributed by atoms with van der Waals surface area (Å²) in [6.07, 6.45) is 3.75. The van der Waals surface area contributed by atoms with E-state index in [9.17, 15) is 4.79 Å². The zero-order valence-electron chi connectivity index (χ0n) is 11.7. The first-order valence-electron chi connectivity index (χ1n) is 7.25. The number of hydrogen-bond donors (Lipinski definition) is 1. The van der Waals surface area contributed by atoms with E-state index in [0.717, 1.165) is 11.3 Å². The highest BCUT2D eigenvalue weighted by Crippen LogP contribution is 2.46. The molecule has 1 aliphatic heterocycles. The molecule has 3 atom stereocenters. The van der Waals surface area contributed by atoms with Crippen LogP contribution in [0.15, 0.2) is 24.3 Å². The molecule has 3 rings (SSSR count). The molecule has 1 aromatic carbocycles. The van der Waals surface area contributed by atoms with Gasteiger partial charge in [-0.25, -0.2) is 0 Å². The second-order valence-corrected chi connectivity index (χ2v) is 6.01. The number of nitrogens with two attached hydrogens (primary N) is 1. The van der Waals surface area contributed by atoms with Crippen molar-refractivity contribution in [3.05, 3.63) is 29.8 Å². The second kappa shape index (κ2) is 4.64. The lowest BCUT2D eigenvalue weighted by Gasteiger charge is -2.49. The van der Waals surface area contributed by atoms with Crippen LogP contribution in [0.4, 0.5) is 5.69 Å². The zero-order chi connectivity index (χ0) is 13.6. The van der Waals surface area contributed by atoms with Crippen LogP contribution in [-0.4, -0.2) is 11.9 Å². The van der Waals surface area contributed by atoms with Crippen molar-refractivity contribution in [3.8, 4) is 0 Å². The van der Waals surface area contributed by atoms with E-state index in [1.165, 1.54) is 19.3 Å². The number of anilines is 1. The number of para-hydroxylation sites is 1. The van der Waals surface area contributed by atoms with Gasteiger partial charge >= 0.3 is 0 Å². The van der Waals surface area contributed by atoms with Crippen molar-refractivity contribution in [1.82, 2.24) is 0 Å². The van der Waals surface area contributed by atoms with E-state index in [0.29, 0.717) is 11.8 Å². The van der Waals surface area contributed by atoms with Crippen LogP contribution < -0.4 is 10.6 Å². The molecule has 2 N–H and O–H groups in total. The Balaban J connectivity index is 2.08. The van der Waals surface area contributed by atoms with Crippen LogP contribution in [0.1, 0.15) is 44.7 Å². The number of amides is 1. The third kappa shape index (κ3) is 1.88. The van der Waals surface area contributed by atoms with Gasteiger partial charge in [-0.1, -0.05) is 31.5 Å². The minimum Gasteiger partial charge on any atom is -0.324 e. The summed E-state index contributed by atoms with van der Waals surface area (Å²) in [7, 11) is 0. The van der Waals surface area contributed by atoms with Gasteiger partial charge in [0, 0.05) is 24.7 Å². The Hall–Kier alpha value is -1.35. The van der Waals surface area contributed by atoms with Crippen molar-refractivity contribution in [2.24, 2.45) is 17.6 Å². The van der Waals surface area contributed by atoms with Gasteiger partial charge in [-0.2, -0.15) is 0 Å². The Bertz CT molecular complexity index is 495. The van der Waals surface area contributed by atoms with E-state index in [1.807, 2.05) is 23.1 Å². The van der Waals surface area contributed by atoms with Gasteiger partial charge in [0.05, 0.1) is 0 Å². The largest absolute Gasteiger partial charge is 0.324 e. The smallest absolute Gasteiger partial charge is 0.224 e. The molecule has 1 amide bonds. The number of fused-ring (bicyclic) bond motifs is 1. The molecule has 3 nitrogen and oxygen atoms in total. The fourth-order valence-corrected chi connectivity index (χ4v) is 3.68. The summed E-state index contributed by atoms with van der Waals surface area (Å²) in [4.78, 5) is 14.2. The predicted octanol–water partition coefficient (Wildman–Crippen LogP) is 2.86. The molecule has 3 heteroatoms. The van der Waals surface area contributed by atoms with Crippen LogP contribution in [0.2, 0.25) is 0 Å². The van der Waals surface area contributed by atoms with E-state index in [-0.39, 0.29) is 18.0 Å². The maximum absolute atomic E-state index is 12.2. The molecule has 1 saturated carbocycles. The topological polar surface area (TPSA) is 46.3 Å². The molecule has 1 heterocycles. The van der Waals surface area contributed by atoms with Crippen LogP contribution in [0, 0.1) is 11.8 Å². The molecule has 19 heavy (non-hydrogen) atoms. The summed E-state index contributed by atoms with van der Waals surface area (Å²) in [5, 5.41) is 0. The predicted molar refractivity (Wildman–Crippen MR) is 76.8 cm³/mol. The molecule has 2 aliphatic rings. The lowest BCUT2D eigenvalue weighted by Crippen LogP contribution is -2.55. The van der Waals surface area contributed by atoms with Crippen molar-refractivity contribution in [2.45, 2.75) is 45.2 Å². The van der Waals surface area contributed by atoms with Crippen molar-refractivity contribution in [3.63, 3.8) is 0 Å². The Kier molecular flexibility index (Phi) is 3.09. The normalized spacial score (nSPS) is 30.7. The summed E-state index contributed by atoms with van der Waals surface area (Å²) in [5.41, 5.74) is 8.56. The van der Waals surface area contributed by atoms with Crippen LogP contribution >= 0.6 is 0 Å². The van der Waals surface area contributed by atoms with Gasteiger partial charge in [0.15, 0.2) is 0 Å². The van der Waals surface area contributed by atoms with Crippen molar-refractivity contribution < 1.29 is 4.79 Å². The fraction of sp³-hybridized carbons (Fsp3) is 0.562. The van der Waals surface area contributed by atoms with Gasteiger partial charge in [-0.3, -0.25) is 4.79 Å². The maximum atomic E-state index is 12.2. The van der Waals surface area contributed by atoms with E-state index in [4.69, 9.17) is 5.73 Å². The monoisotopic (exact) mass is 258 g/mol. The Labute approximate surface area is 114 Å². The van der Waals surface area contributed by atoms with Crippen LogP contribution in [-0.2, 0) is 4.79 Å². The quantitative estimate of drug-likeness (QED) is 0.842. The molecule has 1 fully saturated rings. The number of rotatable bonds is 1. The Morgan fingerprint density at radius 2 is 2.00 bits per heavy atom. The average Bonchev–Trinajstić information content (AvgIpc) is 2.33. The first-order chi connectivity index (χ1) is 9.11. The number of nitrogens with zero attached hydrogens (tertiary/aromatic N) is 1. The second-order valence-electron chi connectivity index (χ2n) is 6.01. The standard InChI is InChI=1S/C16H22N2O/c1-10-15(17)13-8-3-4-9-14(13)18(11(2)19)16(10)12-6-5-7-12/h3-4,8-10,12,15-16H,5-7,17H2,1-2H3/t10-,15-,16?/m1/s1. The number of carbonyl (C=O) groups is 1.